The first-order valence-electron chi connectivity index (χ1n) is 5.68. The summed E-state index contributed by atoms with van der Waals surface area (Å²) in [6.45, 7) is 2.24. The normalized spacial score (nSPS) is 9.78. The molecule has 3 nitrogen and oxygen atoms in total. The van der Waals surface area contributed by atoms with Crippen LogP contribution in [0.3, 0.4) is 0 Å². The van der Waals surface area contributed by atoms with Crippen molar-refractivity contribution in [3.05, 3.63) is 65.5 Å². The Bertz CT molecular complexity index is 609. The average Bonchev–Trinajstić information content (AvgIpc) is 2.40. The van der Waals surface area contributed by atoms with Gasteiger partial charge in [0.05, 0.1) is 17.2 Å². The molecule has 0 fully saturated rings. The minimum atomic E-state index is 0.0594. The van der Waals surface area contributed by atoms with Gasteiger partial charge in [0.25, 0.3) is 0 Å². The number of pyridine rings is 1. The lowest BCUT2D eigenvalue weighted by Gasteiger charge is -1.99. The highest BCUT2D eigenvalue weighted by Gasteiger charge is 2.07. The summed E-state index contributed by atoms with van der Waals surface area (Å²) < 4.78 is 1.96. The third kappa shape index (κ3) is 2.80. The second-order valence-electron chi connectivity index (χ2n) is 4.13. The SMILES string of the molecule is CC(=O)c1ccc[n+](Cc2ccc(C#N)cc2)c1. The van der Waals surface area contributed by atoms with Crippen molar-refractivity contribution < 1.29 is 9.36 Å². The van der Waals surface area contributed by atoms with Crippen LogP contribution in [0.2, 0.25) is 0 Å². The summed E-state index contributed by atoms with van der Waals surface area (Å²) in [4.78, 5) is 11.3. The van der Waals surface area contributed by atoms with Gasteiger partial charge in [0.1, 0.15) is 0 Å². The zero-order valence-electron chi connectivity index (χ0n) is 10.1. The van der Waals surface area contributed by atoms with E-state index in [0.717, 1.165) is 5.56 Å². The molecule has 3 heteroatoms. The number of ketones is 1. The number of nitrogens with zero attached hydrogens (tertiary/aromatic N) is 2. The topological polar surface area (TPSA) is 44.7 Å². The second-order valence-corrected chi connectivity index (χ2v) is 4.13. The molecular formula is C15H13N2O+. The predicted octanol–water partition coefficient (Wildman–Crippen LogP) is 2.10. The molecule has 88 valence electrons. The Morgan fingerprint density at radius 3 is 2.61 bits per heavy atom. The van der Waals surface area contributed by atoms with Crippen molar-refractivity contribution in [1.82, 2.24) is 0 Å². The number of nitriles is 1. The van der Waals surface area contributed by atoms with Gasteiger partial charge in [0.2, 0.25) is 0 Å². The Balaban J connectivity index is 2.20. The Labute approximate surface area is 106 Å². The van der Waals surface area contributed by atoms with Crippen LogP contribution >= 0.6 is 0 Å². The fourth-order valence-electron chi connectivity index (χ4n) is 1.72. The number of carbonyl (C=O) groups is 1. The summed E-state index contributed by atoms with van der Waals surface area (Å²) in [5.41, 5.74) is 2.45. The highest BCUT2D eigenvalue weighted by atomic mass is 16.1. The number of rotatable bonds is 3. The molecule has 0 bridgehead atoms. The molecule has 1 aromatic carbocycles. The van der Waals surface area contributed by atoms with E-state index in [1.54, 1.807) is 25.1 Å². The van der Waals surface area contributed by atoms with Gasteiger partial charge in [-0.2, -0.15) is 5.26 Å². The Morgan fingerprint density at radius 1 is 1.28 bits per heavy atom. The van der Waals surface area contributed by atoms with Crippen molar-refractivity contribution in [1.29, 1.82) is 5.26 Å². The van der Waals surface area contributed by atoms with Crippen molar-refractivity contribution in [2.45, 2.75) is 13.5 Å². The molecular weight excluding hydrogens is 224 g/mol. The monoisotopic (exact) mass is 237 g/mol. The first-order valence-corrected chi connectivity index (χ1v) is 5.68. The molecule has 0 aliphatic rings. The summed E-state index contributed by atoms with van der Waals surface area (Å²) in [5, 5.41) is 8.72. The lowest BCUT2D eigenvalue weighted by atomic mass is 10.1. The molecule has 0 saturated carbocycles. The van der Waals surface area contributed by atoms with E-state index in [1.165, 1.54) is 0 Å². The highest BCUT2D eigenvalue weighted by molar-refractivity contribution is 5.93. The van der Waals surface area contributed by atoms with Crippen LogP contribution in [0, 0.1) is 11.3 Å². The number of Topliss-reactive ketones (excluding diaryl/α,β-unsaturated/α-hetero) is 1. The molecule has 0 aliphatic carbocycles. The number of benzene rings is 1. The number of hydrogen-bond donors (Lipinski definition) is 0. The van der Waals surface area contributed by atoms with E-state index < -0.39 is 0 Å². The maximum atomic E-state index is 11.3. The molecule has 1 aromatic heterocycles. The molecule has 0 amide bonds. The molecule has 0 spiro atoms. The zero-order valence-corrected chi connectivity index (χ0v) is 10.1. The zero-order chi connectivity index (χ0) is 13.0. The van der Waals surface area contributed by atoms with Crippen molar-refractivity contribution in [3.8, 4) is 6.07 Å². The number of aromatic nitrogens is 1. The summed E-state index contributed by atoms with van der Waals surface area (Å²) in [5.74, 6) is 0.0594. The molecule has 0 aliphatic heterocycles. The first kappa shape index (κ1) is 12.0. The molecule has 2 rings (SSSR count). The van der Waals surface area contributed by atoms with Crippen LogP contribution in [0.4, 0.5) is 0 Å². The van der Waals surface area contributed by atoms with Gasteiger partial charge >= 0.3 is 0 Å². The minimum absolute atomic E-state index is 0.0594. The third-order valence-electron chi connectivity index (χ3n) is 2.71. The van der Waals surface area contributed by atoms with Gasteiger partial charge in [-0.25, -0.2) is 4.57 Å². The summed E-state index contributed by atoms with van der Waals surface area (Å²) in [6, 6.07) is 13.2. The van der Waals surface area contributed by atoms with Gasteiger partial charge in [0.15, 0.2) is 24.7 Å². The van der Waals surface area contributed by atoms with Crippen molar-refractivity contribution in [2.24, 2.45) is 0 Å². The maximum Gasteiger partial charge on any atom is 0.179 e. The third-order valence-corrected chi connectivity index (χ3v) is 2.71. The molecule has 0 radical (unpaired) electrons. The second kappa shape index (κ2) is 5.24. The predicted molar refractivity (Wildman–Crippen MR) is 66.9 cm³/mol. The van der Waals surface area contributed by atoms with Crippen molar-refractivity contribution in [3.63, 3.8) is 0 Å². The van der Waals surface area contributed by atoms with Gasteiger partial charge in [-0.15, -0.1) is 0 Å². The van der Waals surface area contributed by atoms with Crippen LogP contribution in [-0.2, 0) is 6.54 Å². The standard InChI is InChI=1S/C15H13N2O/c1-12(18)15-3-2-8-17(11-15)10-14-6-4-13(9-16)5-7-14/h2-8,11H,10H2,1H3/q+1. The summed E-state index contributed by atoms with van der Waals surface area (Å²) in [7, 11) is 0. The molecule has 0 N–H and O–H groups in total. The lowest BCUT2D eigenvalue weighted by molar-refractivity contribution is -0.688. The van der Waals surface area contributed by atoms with Crippen LogP contribution in [0.1, 0.15) is 28.4 Å². The van der Waals surface area contributed by atoms with E-state index in [0.29, 0.717) is 17.7 Å². The summed E-state index contributed by atoms with van der Waals surface area (Å²) in [6.07, 6.45) is 3.76. The molecule has 0 atom stereocenters. The molecule has 18 heavy (non-hydrogen) atoms. The van der Waals surface area contributed by atoms with Crippen LogP contribution in [0.15, 0.2) is 48.8 Å². The number of hydrogen-bond acceptors (Lipinski definition) is 2. The van der Waals surface area contributed by atoms with Crippen LogP contribution in [0.5, 0.6) is 0 Å². The van der Waals surface area contributed by atoms with E-state index in [2.05, 4.69) is 6.07 Å². The first-order chi connectivity index (χ1) is 8.69. The van der Waals surface area contributed by atoms with Crippen LogP contribution in [0.25, 0.3) is 0 Å². The van der Waals surface area contributed by atoms with E-state index in [9.17, 15) is 4.79 Å². The van der Waals surface area contributed by atoms with Crippen LogP contribution < -0.4 is 4.57 Å². The van der Waals surface area contributed by atoms with E-state index >= 15 is 0 Å². The average molecular weight is 237 g/mol. The largest absolute Gasteiger partial charge is 0.294 e. The Hall–Kier alpha value is -2.47. The lowest BCUT2D eigenvalue weighted by Crippen LogP contribution is -2.34. The van der Waals surface area contributed by atoms with Gasteiger partial charge in [-0.3, -0.25) is 4.79 Å². The van der Waals surface area contributed by atoms with Crippen molar-refractivity contribution >= 4 is 5.78 Å². The smallest absolute Gasteiger partial charge is 0.179 e. The molecule has 0 unspecified atom stereocenters. The van der Waals surface area contributed by atoms with Gasteiger partial charge < -0.3 is 0 Å². The fourth-order valence-corrected chi connectivity index (χ4v) is 1.72. The highest BCUT2D eigenvalue weighted by Crippen LogP contribution is 2.03. The molecule has 0 saturated heterocycles. The van der Waals surface area contributed by atoms with Gasteiger partial charge in [-0.05, 0) is 25.1 Å². The van der Waals surface area contributed by atoms with E-state index in [4.69, 9.17) is 5.26 Å². The maximum absolute atomic E-state index is 11.3. The summed E-state index contributed by atoms with van der Waals surface area (Å²) >= 11 is 0. The Kier molecular flexibility index (Phi) is 3.49. The van der Waals surface area contributed by atoms with Gasteiger partial charge in [-0.1, -0.05) is 12.1 Å². The quantitative estimate of drug-likeness (QED) is 0.606. The van der Waals surface area contributed by atoms with Gasteiger partial charge in [0, 0.05) is 11.6 Å². The molecule has 2 aromatic rings. The molecule has 1 heterocycles. The minimum Gasteiger partial charge on any atom is -0.294 e. The van der Waals surface area contributed by atoms with Crippen LogP contribution in [-0.4, -0.2) is 5.78 Å². The Morgan fingerprint density at radius 2 is 2.00 bits per heavy atom. The van der Waals surface area contributed by atoms with Crippen molar-refractivity contribution in [2.75, 3.05) is 0 Å². The number of carbonyl (C=O) groups excluding carboxylic acids is 1. The fraction of sp³-hybridized carbons (Fsp3) is 0.133. The van der Waals surface area contributed by atoms with E-state index in [1.807, 2.05) is 35.2 Å². The van der Waals surface area contributed by atoms with E-state index in [-0.39, 0.29) is 5.78 Å².